The van der Waals surface area contributed by atoms with Crippen molar-refractivity contribution < 1.29 is 14.3 Å². The molecule has 2 amide bonds. The van der Waals surface area contributed by atoms with E-state index in [4.69, 9.17) is 9.84 Å². The van der Waals surface area contributed by atoms with Crippen LogP contribution in [0.2, 0.25) is 0 Å². The summed E-state index contributed by atoms with van der Waals surface area (Å²) in [5, 5.41) is 7.63. The van der Waals surface area contributed by atoms with Crippen molar-refractivity contribution in [1.29, 1.82) is 0 Å². The molecule has 7 nitrogen and oxygen atoms in total. The Morgan fingerprint density at radius 3 is 2.43 bits per heavy atom. The maximum absolute atomic E-state index is 13.5. The minimum Gasteiger partial charge on any atom is -0.496 e. The molecule has 1 heterocycles. The molecule has 0 saturated carbocycles. The summed E-state index contributed by atoms with van der Waals surface area (Å²) in [7, 11) is 3.19. The minimum atomic E-state index is -0.316. The molecule has 0 radical (unpaired) electrons. The number of aryl methyl sites for hydroxylation is 1. The lowest BCUT2D eigenvalue weighted by Gasteiger charge is -2.18. The van der Waals surface area contributed by atoms with Gasteiger partial charge in [0.25, 0.3) is 5.91 Å². The van der Waals surface area contributed by atoms with Crippen molar-refractivity contribution in [3.05, 3.63) is 95.7 Å². The maximum atomic E-state index is 13.5. The van der Waals surface area contributed by atoms with E-state index in [2.05, 4.69) is 5.32 Å². The Labute approximate surface area is 205 Å². The highest BCUT2D eigenvalue weighted by Crippen LogP contribution is 2.32. The summed E-state index contributed by atoms with van der Waals surface area (Å²) in [6.07, 6.45) is 1.69. The molecular weight excluding hydrogens is 440 g/mol. The van der Waals surface area contributed by atoms with E-state index in [0.29, 0.717) is 22.6 Å². The van der Waals surface area contributed by atoms with E-state index in [0.717, 1.165) is 22.5 Å². The molecule has 0 saturated heterocycles. The lowest BCUT2D eigenvalue weighted by Crippen LogP contribution is -2.35. The van der Waals surface area contributed by atoms with Crippen molar-refractivity contribution in [2.24, 2.45) is 0 Å². The van der Waals surface area contributed by atoms with E-state index in [1.54, 1.807) is 25.0 Å². The summed E-state index contributed by atoms with van der Waals surface area (Å²) in [4.78, 5) is 27.7. The highest BCUT2D eigenvalue weighted by molar-refractivity contribution is 6.03. The number of likely N-dealkylation sites (N-methyl/N-ethyl adjacent to an activating group) is 1. The van der Waals surface area contributed by atoms with Gasteiger partial charge in [-0.2, -0.15) is 5.10 Å². The fraction of sp³-hybridized carbons (Fsp3) is 0.179. The Hall–Kier alpha value is -4.39. The lowest BCUT2D eigenvalue weighted by atomic mass is 10.1. The molecule has 0 atom stereocenters. The highest BCUT2D eigenvalue weighted by Gasteiger charge is 2.24. The topological polar surface area (TPSA) is 76.5 Å². The summed E-state index contributed by atoms with van der Waals surface area (Å²) >= 11 is 0. The molecule has 0 fully saturated rings. The number of aromatic nitrogens is 2. The number of para-hydroxylation sites is 2. The summed E-state index contributed by atoms with van der Waals surface area (Å²) < 4.78 is 7.19. The van der Waals surface area contributed by atoms with Gasteiger partial charge in [0.1, 0.15) is 11.4 Å². The average Bonchev–Trinajstić information content (AvgIpc) is 3.32. The first-order valence-corrected chi connectivity index (χ1v) is 11.3. The van der Waals surface area contributed by atoms with Gasteiger partial charge >= 0.3 is 0 Å². The van der Waals surface area contributed by atoms with E-state index in [1.807, 2.05) is 86.6 Å². The summed E-state index contributed by atoms with van der Waals surface area (Å²) in [5.41, 5.74) is 5.19. The Morgan fingerprint density at radius 1 is 0.971 bits per heavy atom. The third kappa shape index (κ3) is 5.09. The molecule has 35 heavy (non-hydrogen) atoms. The molecule has 4 aromatic rings. The van der Waals surface area contributed by atoms with Crippen molar-refractivity contribution in [2.75, 3.05) is 26.0 Å². The largest absolute Gasteiger partial charge is 0.496 e. The fourth-order valence-corrected chi connectivity index (χ4v) is 3.85. The Bertz CT molecular complexity index is 1360. The van der Waals surface area contributed by atoms with Gasteiger partial charge in [-0.15, -0.1) is 0 Å². The van der Waals surface area contributed by atoms with Crippen LogP contribution in [0.3, 0.4) is 0 Å². The Morgan fingerprint density at radius 2 is 1.69 bits per heavy atom. The number of methoxy groups -OCH3 is 1. The normalized spacial score (nSPS) is 10.6. The first kappa shape index (κ1) is 23.8. The van der Waals surface area contributed by atoms with E-state index in [9.17, 15) is 9.59 Å². The molecule has 0 aliphatic heterocycles. The van der Waals surface area contributed by atoms with Gasteiger partial charge < -0.3 is 15.0 Å². The van der Waals surface area contributed by atoms with E-state index < -0.39 is 0 Å². The van der Waals surface area contributed by atoms with Crippen LogP contribution in [0.4, 0.5) is 5.69 Å². The number of nitrogens with one attached hydrogen (secondary N) is 1. The number of hydrogen-bond donors (Lipinski definition) is 1. The summed E-state index contributed by atoms with van der Waals surface area (Å²) in [6.45, 7) is 3.84. The van der Waals surface area contributed by atoms with E-state index in [1.165, 1.54) is 4.90 Å². The van der Waals surface area contributed by atoms with Crippen molar-refractivity contribution in [2.45, 2.75) is 13.8 Å². The number of rotatable bonds is 7. The Balaban J connectivity index is 1.64. The second kappa shape index (κ2) is 10.3. The monoisotopic (exact) mass is 468 g/mol. The zero-order chi connectivity index (χ0) is 24.9. The molecule has 0 aliphatic rings. The lowest BCUT2D eigenvalue weighted by molar-refractivity contribution is -0.116. The highest BCUT2D eigenvalue weighted by atomic mass is 16.5. The number of hydrogen-bond acceptors (Lipinski definition) is 4. The second-order valence-corrected chi connectivity index (χ2v) is 8.33. The standard InChI is InChI=1S/C28H28N4O3/c1-19-11-10-15-24(20(19)2)29-26(33)18-31(3)28(34)23-17-32(21-12-6-5-7-13-21)30-27(23)22-14-8-9-16-25(22)35-4/h5-17H,18H2,1-4H3,(H,29,33). The average molecular weight is 469 g/mol. The second-order valence-electron chi connectivity index (χ2n) is 8.33. The number of anilines is 1. The number of benzene rings is 3. The summed E-state index contributed by atoms with van der Waals surface area (Å²) in [5.74, 6) is 0.0169. The molecular formula is C28H28N4O3. The zero-order valence-corrected chi connectivity index (χ0v) is 20.3. The van der Waals surface area contributed by atoms with Gasteiger partial charge in [-0.05, 0) is 55.3 Å². The minimum absolute atomic E-state index is 0.103. The smallest absolute Gasteiger partial charge is 0.257 e. The SMILES string of the molecule is COc1ccccc1-c1nn(-c2ccccc2)cc1C(=O)N(C)CC(=O)Nc1cccc(C)c1C. The predicted molar refractivity (Wildman–Crippen MR) is 137 cm³/mol. The van der Waals surface area contributed by atoms with Gasteiger partial charge in [-0.1, -0.05) is 42.5 Å². The quantitative estimate of drug-likeness (QED) is 0.420. The predicted octanol–water partition coefficient (Wildman–Crippen LogP) is 4.88. The van der Waals surface area contributed by atoms with Crippen LogP contribution in [0.5, 0.6) is 5.75 Å². The van der Waals surface area contributed by atoms with Gasteiger partial charge in [0, 0.05) is 24.5 Å². The van der Waals surface area contributed by atoms with Crippen molar-refractivity contribution >= 4 is 17.5 Å². The molecule has 3 aromatic carbocycles. The first-order valence-electron chi connectivity index (χ1n) is 11.3. The molecule has 1 aromatic heterocycles. The van der Waals surface area contributed by atoms with Crippen molar-refractivity contribution in [3.8, 4) is 22.7 Å². The molecule has 0 unspecified atom stereocenters. The van der Waals surface area contributed by atoms with Crippen LogP contribution in [0, 0.1) is 13.8 Å². The van der Waals surface area contributed by atoms with Crippen LogP contribution in [0.1, 0.15) is 21.5 Å². The number of amides is 2. The number of carbonyl (C=O) groups is 2. The van der Waals surface area contributed by atoms with Gasteiger partial charge in [-0.3, -0.25) is 9.59 Å². The van der Waals surface area contributed by atoms with Crippen LogP contribution in [0.15, 0.2) is 79.0 Å². The Kier molecular flexibility index (Phi) is 6.96. The van der Waals surface area contributed by atoms with Gasteiger partial charge in [0.2, 0.25) is 5.91 Å². The van der Waals surface area contributed by atoms with Crippen molar-refractivity contribution in [1.82, 2.24) is 14.7 Å². The van der Waals surface area contributed by atoms with Crippen LogP contribution in [-0.4, -0.2) is 47.2 Å². The van der Waals surface area contributed by atoms with Gasteiger partial charge in [0.15, 0.2) is 0 Å². The number of nitrogens with zero attached hydrogens (tertiary/aromatic N) is 3. The molecule has 0 spiro atoms. The zero-order valence-electron chi connectivity index (χ0n) is 20.3. The maximum Gasteiger partial charge on any atom is 0.257 e. The molecule has 7 heteroatoms. The molecule has 0 bridgehead atoms. The fourth-order valence-electron chi connectivity index (χ4n) is 3.85. The van der Waals surface area contributed by atoms with Crippen molar-refractivity contribution in [3.63, 3.8) is 0 Å². The van der Waals surface area contributed by atoms with Crippen LogP contribution in [-0.2, 0) is 4.79 Å². The molecule has 178 valence electrons. The van der Waals surface area contributed by atoms with Crippen LogP contribution >= 0.6 is 0 Å². The number of ether oxygens (including phenoxy) is 1. The molecule has 0 aliphatic carbocycles. The first-order chi connectivity index (χ1) is 16.9. The molecule has 4 rings (SSSR count). The van der Waals surface area contributed by atoms with Crippen LogP contribution in [0.25, 0.3) is 16.9 Å². The van der Waals surface area contributed by atoms with Gasteiger partial charge in [0.05, 0.1) is 24.9 Å². The number of carbonyl (C=O) groups excluding carboxylic acids is 2. The third-order valence-electron chi connectivity index (χ3n) is 5.93. The molecule has 1 N–H and O–H groups in total. The van der Waals surface area contributed by atoms with E-state index in [-0.39, 0.29) is 18.4 Å². The van der Waals surface area contributed by atoms with Crippen LogP contribution < -0.4 is 10.1 Å². The van der Waals surface area contributed by atoms with E-state index >= 15 is 0 Å². The van der Waals surface area contributed by atoms with Gasteiger partial charge in [-0.25, -0.2) is 4.68 Å². The third-order valence-corrected chi connectivity index (χ3v) is 5.93. The summed E-state index contributed by atoms with van der Waals surface area (Å²) in [6, 6.07) is 22.7.